The van der Waals surface area contributed by atoms with Crippen molar-refractivity contribution >= 4 is 33.1 Å². The highest BCUT2D eigenvalue weighted by molar-refractivity contribution is 7.15. The normalized spacial score (nSPS) is 11.0. The van der Waals surface area contributed by atoms with Crippen molar-refractivity contribution in [2.24, 2.45) is 0 Å². The molecule has 0 aliphatic heterocycles. The average molecular weight is 358 g/mol. The van der Waals surface area contributed by atoms with Gasteiger partial charge in [0.1, 0.15) is 17.3 Å². The fraction of sp³-hybridized carbons (Fsp3) is 0.294. The van der Waals surface area contributed by atoms with Gasteiger partial charge in [0.05, 0.1) is 7.11 Å². The fourth-order valence-electron chi connectivity index (χ4n) is 2.35. The van der Waals surface area contributed by atoms with E-state index in [0.717, 1.165) is 10.4 Å². The zero-order valence-corrected chi connectivity index (χ0v) is 15.0. The molecule has 0 bridgehead atoms. The Balaban J connectivity index is 1.78. The van der Waals surface area contributed by atoms with Crippen LogP contribution in [0.15, 0.2) is 35.3 Å². The lowest BCUT2D eigenvalue weighted by Gasteiger charge is -2.08. The van der Waals surface area contributed by atoms with Crippen LogP contribution in [0.5, 0.6) is 5.75 Å². The van der Waals surface area contributed by atoms with E-state index in [9.17, 15) is 9.59 Å². The number of rotatable bonds is 5. The number of nitrogens with one attached hydrogen (secondary N) is 1. The first-order valence-corrected chi connectivity index (χ1v) is 8.60. The number of fused-ring (bicyclic) bond motifs is 1. The molecule has 1 aromatic carbocycles. The molecule has 3 rings (SSSR count). The predicted molar refractivity (Wildman–Crippen MR) is 97.4 cm³/mol. The highest BCUT2D eigenvalue weighted by Crippen LogP contribution is 2.22. The van der Waals surface area contributed by atoms with Crippen LogP contribution in [0.3, 0.4) is 0 Å². The molecule has 2 heterocycles. The Morgan fingerprint density at radius 1 is 1.32 bits per heavy atom. The quantitative estimate of drug-likeness (QED) is 0.758. The van der Waals surface area contributed by atoms with Gasteiger partial charge in [-0.2, -0.15) is 0 Å². The third-order valence-corrected chi connectivity index (χ3v) is 4.82. The lowest BCUT2D eigenvalue weighted by molar-refractivity contribution is -0.116. The van der Waals surface area contributed by atoms with E-state index >= 15 is 0 Å². The molecule has 1 N–H and O–H groups in total. The Kier molecular flexibility index (Phi) is 4.80. The van der Waals surface area contributed by atoms with Gasteiger partial charge in [0, 0.05) is 17.5 Å². The van der Waals surface area contributed by atoms with E-state index in [1.807, 2.05) is 13.8 Å². The molecule has 0 atom stereocenters. The summed E-state index contributed by atoms with van der Waals surface area (Å²) in [6, 6.07) is 7.00. The molecule has 0 fully saturated rings. The molecule has 0 unspecified atom stereocenters. The van der Waals surface area contributed by atoms with E-state index < -0.39 is 0 Å². The minimum Gasteiger partial charge on any atom is -0.497 e. The molecule has 3 aromatic rings. The highest BCUT2D eigenvalue weighted by Gasteiger charge is 2.12. The third-order valence-electron chi connectivity index (χ3n) is 3.68. The van der Waals surface area contributed by atoms with Crippen LogP contribution in [-0.2, 0) is 11.3 Å². The lowest BCUT2D eigenvalue weighted by atomic mass is 10.1. The van der Waals surface area contributed by atoms with Crippen LogP contribution < -0.4 is 15.6 Å². The summed E-state index contributed by atoms with van der Waals surface area (Å²) in [5.41, 5.74) is -0.226. The third kappa shape index (κ3) is 3.69. The average Bonchev–Trinajstić information content (AvgIpc) is 3.05. The van der Waals surface area contributed by atoms with Crippen LogP contribution in [0.2, 0.25) is 0 Å². The van der Waals surface area contributed by atoms with Crippen molar-refractivity contribution in [1.82, 2.24) is 14.8 Å². The van der Waals surface area contributed by atoms with E-state index in [1.165, 1.54) is 15.9 Å². The molecule has 0 aliphatic rings. The number of ether oxygens (including phenoxy) is 1. The van der Waals surface area contributed by atoms with Crippen molar-refractivity contribution in [3.8, 4) is 5.75 Å². The Morgan fingerprint density at radius 3 is 2.80 bits per heavy atom. The number of aromatic nitrogens is 3. The van der Waals surface area contributed by atoms with Gasteiger partial charge in [-0.05, 0) is 29.7 Å². The number of benzene rings is 1. The Morgan fingerprint density at radius 2 is 2.12 bits per heavy atom. The Labute approximate surface area is 148 Å². The van der Waals surface area contributed by atoms with Gasteiger partial charge in [0.25, 0.3) is 5.56 Å². The van der Waals surface area contributed by atoms with Gasteiger partial charge in [-0.25, -0.2) is 0 Å². The molecular formula is C17H18N4O3S. The second kappa shape index (κ2) is 7.02. The first-order chi connectivity index (χ1) is 12.0. The number of carbonyl (C=O) groups excluding carboxylic acids is 1. The molecule has 0 aliphatic carbocycles. The Bertz CT molecular complexity index is 977. The summed E-state index contributed by atoms with van der Waals surface area (Å²) in [5, 5.41) is 13.3. The molecule has 25 heavy (non-hydrogen) atoms. The Hall–Kier alpha value is -2.74. The summed E-state index contributed by atoms with van der Waals surface area (Å²) in [4.78, 5) is 24.7. The minimum absolute atomic E-state index is 0.0859. The van der Waals surface area contributed by atoms with Crippen molar-refractivity contribution in [2.45, 2.75) is 26.3 Å². The van der Waals surface area contributed by atoms with Crippen molar-refractivity contribution in [1.29, 1.82) is 0 Å². The highest BCUT2D eigenvalue weighted by atomic mass is 32.1. The van der Waals surface area contributed by atoms with Crippen molar-refractivity contribution in [3.63, 3.8) is 0 Å². The van der Waals surface area contributed by atoms with Gasteiger partial charge >= 0.3 is 0 Å². The van der Waals surface area contributed by atoms with E-state index in [2.05, 4.69) is 15.5 Å². The SMILES string of the molecule is COc1ccc2c(=O)n(CC(=O)Nc3nnc(C(C)C)s3)ccc2c1. The zero-order chi connectivity index (χ0) is 18.0. The van der Waals surface area contributed by atoms with Gasteiger partial charge in [-0.3, -0.25) is 14.9 Å². The molecule has 7 nitrogen and oxygen atoms in total. The van der Waals surface area contributed by atoms with E-state index in [-0.39, 0.29) is 23.9 Å². The molecule has 0 saturated carbocycles. The maximum Gasteiger partial charge on any atom is 0.258 e. The molecule has 0 radical (unpaired) electrons. The number of nitrogens with zero attached hydrogens (tertiary/aromatic N) is 3. The van der Waals surface area contributed by atoms with Crippen LogP contribution in [0.4, 0.5) is 5.13 Å². The number of pyridine rings is 1. The molecule has 0 saturated heterocycles. The number of hydrogen-bond acceptors (Lipinski definition) is 6. The fourth-order valence-corrected chi connectivity index (χ4v) is 3.11. The van der Waals surface area contributed by atoms with Gasteiger partial charge < -0.3 is 9.30 Å². The van der Waals surface area contributed by atoms with Crippen LogP contribution >= 0.6 is 11.3 Å². The van der Waals surface area contributed by atoms with E-state index in [1.54, 1.807) is 37.6 Å². The molecule has 130 valence electrons. The van der Waals surface area contributed by atoms with Gasteiger partial charge in [0.2, 0.25) is 11.0 Å². The monoisotopic (exact) mass is 358 g/mol. The molecular weight excluding hydrogens is 340 g/mol. The second-order valence-electron chi connectivity index (χ2n) is 5.85. The first kappa shape index (κ1) is 17.1. The predicted octanol–water partition coefficient (Wildman–Crippen LogP) is 2.62. The van der Waals surface area contributed by atoms with Crippen LogP contribution in [-0.4, -0.2) is 27.8 Å². The molecule has 0 spiro atoms. The van der Waals surface area contributed by atoms with Crippen molar-refractivity contribution in [2.75, 3.05) is 12.4 Å². The zero-order valence-electron chi connectivity index (χ0n) is 14.1. The van der Waals surface area contributed by atoms with Crippen molar-refractivity contribution < 1.29 is 9.53 Å². The topological polar surface area (TPSA) is 86.1 Å². The van der Waals surface area contributed by atoms with E-state index in [0.29, 0.717) is 16.3 Å². The number of methoxy groups -OCH3 is 1. The summed E-state index contributed by atoms with van der Waals surface area (Å²) in [7, 11) is 1.57. The maximum absolute atomic E-state index is 12.5. The van der Waals surface area contributed by atoms with Crippen LogP contribution in [0.1, 0.15) is 24.8 Å². The minimum atomic E-state index is -0.318. The van der Waals surface area contributed by atoms with Gasteiger partial charge in [-0.15, -0.1) is 10.2 Å². The van der Waals surface area contributed by atoms with Gasteiger partial charge in [-0.1, -0.05) is 25.2 Å². The van der Waals surface area contributed by atoms with Crippen LogP contribution in [0, 0.1) is 0 Å². The number of hydrogen-bond donors (Lipinski definition) is 1. The summed E-state index contributed by atoms with van der Waals surface area (Å²) in [6.45, 7) is 3.93. The first-order valence-electron chi connectivity index (χ1n) is 7.78. The number of anilines is 1. The summed E-state index contributed by atoms with van der Waals surface area (Å²) < 4.78 is 6.53. The molecule has 8 heteroatoms. The summed E-state index contributed by atoms with van der Waals surface area (Å²) in [6.07, 6.45) is 1.60. The summed E-state index contributed by atoms with van der Waals surface area (Å²) in [5.74, 6) is 0.615. The van der Waals surface area contributed by atoms with Crippen molar-refractivity contribution in [3.05, 3.63) is 45.8 Å². The van der Waals surface area contributed by atoms with Crippen LogP contribution in [0.25, 0.3) is 10.8 Å². The summed E-state index contributed by atoms with van der Waals surface area (Å²) >= 11 is 1.34. The standard InChI is InChI=1S/C17H18N4O3S/c1-10(2)15-19-20-17(25-15)18-14(22)9-21-7-6-11-8-12(24-3)4-5-13(11)16(21)23/h4-8,10H,9H2,1-3H3,(H,18,20,22). The smallest absolute Gasteiger partial charge is 0.258 e. The lowest BCUT2D eigenvalue weighted by Crippen LogP contribution is -2.27. The molecule has 1 amide bonds. The van der Waals surface area contributed by atoms with E-state index in [4.69, 9.17) is 4.74 Å². The largest absolute Gasteiger partial charge is 0.497 e. The van der Waals surface area contributed by atoms with Gasteiger partial charge in [0.15, 0.2) is 0 Å². The number of carbonyl (C=O) groups is 1. The number of amides is 1. The maximum atomic E-state index is 12.5. The second-order valence-corrected chi connectivity index (χ2v) is 6.86. The molecule has 2 aromatic heterocycles.